The van der Waals surface area contributed by atoms with Crippen molar-refractivity contribution in [1.29, 1.82) is 0 Å². The van der Waals surface area contributed by atoms with Gasteiger partial charge in [0.15, 0.2) is 5.78 Å². The van der Waals surface area contributed by atoms with E-state index in [0.717, 1.165) is 59.1 Å². The predicted octanol–water partition coefficient (Wildman–Crippen LogP) is 6.60. The Morgan fingerprint density at radius 1 is 1.00 bits per heavy atom. The highest BCUT2D eigenvalue weighted by Crippen LogP contribution is 2.35. The molecule has 0 unspecified atom stereocenters. The molecule has 4 rings (SSSR count). The average Bonchev–Trinajstić information content (AvgIpc) is 3.63. The van der Waals surface area contributed by atoms with Crippen molar-refractivity contribution in [2.75, 3.05) is 13.1 Å². The Kier molecular flexibility index (Phi) is 10.6. The van der Waals surface area contributed by atoms with E-state index in [9.17, 15) is 9.59 Å². The molecular weight excluding hydrogens is 436 g/mol. The van der Waals surface area contributed by atoms with Crippen LogP contribution in [0.25, 0.3) is 22.0 Å². The van der Waals surface area contributed by atoms with Gasteiger partial charge in [0.2, 0.25) is 0 Å². The average molecular weight is 477 g/mol. The molecule has 188 valence electrons. The Balaban J connectivity index is 0.000000407. The van der Waals surface area contributed by atoms with Gasteiger partial charge in [-0.15, -0.1) is 0 Å². The number of ketones is 1. The lowest BCUT2D eigenvalue weighted by Crippen LogP contribution is -2.32. The van der Waals surface area contributed by atoms with Crippen LogP contribution in [0.5, 0.6) is 0 Å². The lowest BCUT2D eigenvalue weighted by molar-refractivity contribution is -0.126. The van der Waals surface area contributed by atoms with Crippen LogP contribution in [0.15, 0.2) is 54.7 Å². The van der Waals surface area contributed by atoms with Crippen molar-refractivity contribution >= 4 is 22.6 Å². The van der Waals surface area contributed by atoms with Gasteiger partial charge in [-0.1, -0.05) is 45.9 Å². The fraction of sp³-hybridized carbons (Fsp3) is 0.433. The topological polar surface area (TPSA) is 70.5 Å². The third kappa shape index (κ3) is 7.46. The van der Waals surface area contributed by atoms with Crippen molar-refractivity contribution in [2.45, 2.75) is 72.8 Å². The fourth-order valence-corrected chi connectivity index (χ4v) is 3.87. The number of nitrogens with zero attached hydrogens (tertiary/aromatic N) is 2. The van der Waals surface area contributed by atoms with E-state index in [2.05, 4.69) is 50.0 Å². The van der Waals surface area contributed by atoms with Crippen LogP contribution in [0.3, 0.4) is 0 Å². The second kappa shape index (κ2) is 13.1. The molecule has 0 spiro atoms. The van der Waals surface area contributed by atoms with Crippen LogP contribution in [-0.2, 0) is 4.79 Å². The number of amides is 1. The van der Waals surface area contributed by atoms with E-state index in [-0.39, 0.29) is 11.7 Å². The zero-order valence-corrected chi connectivity index (χ0v) is 22.1. The van der Waals surface area contributed by atoms with Gasteiger partial charge in [-0.2, -0.15) is 0 Å². The molecule has 1 aliphatic rings. The summed E-state index contributed by atoms with van der Waals surface area (Å²) in [6.45, 7) is 13.3. The largest absolute Gasteiger partial charge is 0.382 e. The van der Waals surface area contributed by atoms with Crippen LogP contribution in [0.1, 0.15) is 76.2 Å². The van der Waals surface area contributed by atoms with Gasteiger partial charge < -0.3 is 10.0 Å². The summed E-state index contributed by atoms with van der Waals surface area (Å²) in [4.78, 5) is 29.4. The van der Waals surface area contributed by atoms with E-state index in [1.165, 1.54) is 6.92 Å². The standard InChI is InChI=1S/C23H26N2O.C5H8O2.C2H6/c1-4-13-25(14-5-2)23(26)20-8-10-21(17(3)15-20)18-9-11-22-19(16-18)7-6-12-24-22;1-4(6)5(7)2-3-5;1-2/h6-12,15-16H,4-5,13-14H2,1-3H3;7H,2-3H2,1H3;1-2H3. The highest BCUT2D eigenvalue weighted by molar-refractivity contribution is 5.95. The van der Waals surface area contributed by atoms with Crippen LogP contribution in [0.4, 0.5) is 0 Å². The Morgan fingerprint density at radius 3 is 2.17 bits per heavy atom. The van der Waals surface area contributed by atoms with Gasteiger partial charge in [0, 0.05) is 30.2 Å². The van der Waals surface area contributed by atoms with Crippen molar-refractivity contribution < 1.29 is 14.7 Å². The first-order chi connectivity index (χ1) is 16.8. The molecule has 1 heterocycles. The summed E-state index contributed by atoms with van der Waals surface area (Å²) in [5, 5.41) is 9.98. The number of fused-ring (bicyclic) bond motifs is 1. The fourth-order valence-electron chi connectivity index (χ4n) is 3.87. The van der Waals surface area contributed by atoms with Gasteiger partial charge in [0.25, 0.3) is 5.91 Å². The maximum atomic E-state index is 12.8. The molecule has 2 aromatic carbocycles. The molecule has 0 aliphatic heterocycles. The quantitative estimate of drug-likeness (QED) is 0.417. The highest BCUT2D eigenvalue weighted by atomic mass is 16.3. The summed E-state index contributed by atoms with van der Waals surface area (Å²) in [5.74, 6) is 0.0403. The molecular formula is C30H40N2O3. The molecule has 0 saturated heterocycles. The van der Waals surface area contributed by atoms with Crippen LogP contribution >= 0.6 is 0 Å². The Morgan fingerprint density at radius 2 is 1.66 bits per heavy atom. The molecule has 1 aromatic heterocycles. The minimum absolute atomic E-state index is 0.0903. The van der Waals surface area contributed by atoms with Gasteiger partial charge >= 0.3 is 0 Å². The number of hydrogen-bond donors (Lipinski definition) is 1. The lowest BCUT2D eigenvalue weighted by Gasteiger charge is -2.22. The van der Waals surface area contributed by atoms with Crippen LogP contribution < -0.4 is 0 Å². The normalized spacial score (nSPS) is 13.1. The van der Waals surface area contributed by atoms with Crippen LogP contribution in [-0.4, -0.2) is 45.4 Å². The van der Waals surface area contributed by atoms with E-state index in [1.54, 1.807) is 0 Å². The molecule has 1 fully saturated rings. The molecule has 35 heavy (non-hydrogen) atoms. The van der Waals surface area contributed by atoms with Gasteiger partial charge in [-0.05, 0) is 86.6 Å². The number of carbonyl (C=O) groups excluding carboxylic acids is 2. The molecule has 0 bridgehead atoms. The summed E-state index contributed by atoms with van der Waals surface area (Å²) >= 11 is 0. The zero-order chi connectivity index (χ0) is 26.0. The number of aryl methyl sites for hydroxylation is 1. The number of hydrogen-bond acceptors (Lipinski definition) is 4. The van der Waals surface area contributed by atoms with Gasteiger partial charge in [0.1, 0.15) is 5.60 Å². The summed E-state index contributed by atoms with van der Waals surface area (Å²) in [6.07, 6.45) is 5.11. The summed E-state index contributed by atoms with van der Waals surface area (Å²) in [7, 11) is 0. The highest BCUT2D eigenvalue weighted by Gasteiger charge is 2.44. The molecule has 0 atom stereocenters. The molecule has 1 N–H and O–H groups in total. The first kappa shape index (κ1) is 28.2. The third-order valence-corrected chi connectivity index (χ3v) is 6.04. The minimum atomic E-state index is -0.889. The molecule has 1 saturated carbocycles. The lowest BCUT2D eigenvalue weighted by atomic mass is 9.97. The van der Waals surface area contributed by atoms with Gasteiger partial charge in [-0.3, -0.25) is 14.6 Å². The van der Waals surface area contributed by atoms with Crippen molar-refractivity contribution in [2.24, 2.45) is 0 Å². The zero-order valence-electron chi connectivity index (χ0n) is 22.1. The van der Waals surface area contributed by atoms with Crippen molar-refractivity contribution in [1.82, 2.24) is 9.88 Å². The molecule has 3 aromatic rings. The molecule has 5 nitrogen and oxygen atoms in total. The Labute approximate surface area is 210 Å². The smallest absolute Gasteiger partial charge is 0.253 e. The maximum absolute atomic E-state index is 12.8. The number of carbonyl (C=O) groups is 2. The first-order valence-electron chi connectivity index (χ1n) is 12.8. The maximum Gasteiger partial charge on any atom is 0.253 e. The predicted molar refractivity (Wildman–Crippen MR) is 145 cm³/mol. The van der Waals surface area contributed by atoms with Gasteiger partial charge in [-0.25, -0.2) is 0 Å². The number of Topliss-reactive ketones (excluding diaryl/α,β-unsaturated/α-hetero) is 1. The number of benzene rings is 2. The van der Waals surface area contributed by atoms with E-state index in [4.69, 9.17) is 5.11 Å². The van der Waals surface area contributed by atoms with E-state index in [0.29, 0.717) is 12.8 Å². The Hall–Kier alpha value is -3.05. The second-order valence-corrected chi connectivity index (χ2v) is 8.82. The molecule has 1 amide bonds. The third-order valence-electron chi connectivity index (χ3n) is 6.04. The second-order valence-electron chi connectivity index (χ2n) is 8.82. The van der Waals surface area contributed by atoms with Crippen LogP contribution in [0.2, 0.25) is 0 Å². The monoisotopic (exact) mass is 476 g/mol. The van der Waals surface area contributed by atoms with Crippen molar-refractivity contribution in [3.8, 4) is 11.1 Å². The minimum Gasteiger partial charge on any atom is -0.382 e. The van der Waals surface area contributed by atoms with E-state index in [1.807, 2.05) is 49.2 Å². The number of aliphatic hydroxyl groups is 1. The Bertz CT molecular complexity index is 1130. The molecule has 0 radical (unpaired) electrons. The molecule has 5 heteroatoms. The van der Waals surface area contributed by atoms with Crippen molar-refractivity contribution in [3.05, 3.63) is 65.9 Å². The van der Waals surface area contributed by atoms with E-state index < -0.39 is 5.60 Å². The summed E-state index contributed by atoms with van der Waals surface area (Å²) < 4.78 is 0. The SMILES string of the molecule is CC.CC(=O)C1(O)CC1.CCCN(CCC)C(=O)c1ccc(-c2ccc3ncccc3c2)c(C)c1. The van der Waals surface area contributed by atoms with E-state index >= 15 is 0 Å². The number of aromatic nitrogens is 1. The number of pyridine rings is 1. The summed E-state index contributed by atoms with van der Waals surface area (Å²) in [6, 6.07) is 16.4. The number of rotatable bonds is 7. The molecule has 1 aliphatic carbocycles. The van der Waals surface area contributed by atoms with Crippen molar-refractivity contribution in [3.63, 3.8) is 0 Å². The summed E-state index contributed by atoms with van der Waals surface area (Å²) in [5.41, 5.74) is 4.31. The first-order valence-corrected chi connectivity index (χ1v) is 12.8. The van der Waals surface area contributed by atoms with Gasteiger partial charge in [0.05, 0.1) is 5.52 Å². The van der Waals surface area contributed by atoms with Crippen LogP contribution in [0, 0.1) is 6.92 Å².